The lowest BCUT2D eigenvalue weighted by molar-refractivity contribution is 0.102. The minimum atomic E-state index is -0.154. The van der Waals surface area contributed by atoms with Gasteiger partial charge in [0.2, 0.25) is 0 Å². The maximum absolute atomic E-state index is 13.0. The maximum atomic E-state index is 13.0. The number of benzene rings is 1. The Kier molecular flexibility index (Phi) is 4.70. The van der Waals surface area contributed by atoms with Crippen LogP contribution in [0.4, 0.5) is 5.13 Å². The van der Waals surface area contributed by atoms with E-state index in [0.717, 1.165) is 62.1 Å². The third-order valence-electron chi connectivity index (χ3n) is 5.63. The lowest BCUT2D eigenvalue weighted by atomic mass is 9.97. The Morgan fingerprint density at radius 1 is 1.18 bits per heavy atom. The lowest BCUT2D eigenvalue weighted by Crippen LogP contribution is -2.26. The van der Waals surface area contributed by atoms with Gasteiger partial charge in [0.15, 0.2) is 10.8 Å². The van der Waals surface area contributed by atoms with Crippen molar-refractivity contribution in [2.45, 2.75) is 38.0 Å². The van der Waals surface area contributed by atoms with Gasteiger partial charge < -0.3 is 5.32 Å². The highest BCUT2D eigenvalue weighted by Crippen LogP contribution is 2.32. The van der Waals surface area contributed by atoms with Gasteiger partial charge in [0, 0.05) is 22.3 Å². The fourth-order valence-corrected chi connectivity index (χ4v) is 5.18. The average Bonchev–Trinajstić information content (AvgIpc) is 3.46. The summed E-state index contributed by atoms with van der Waals surface area (Å²) in [7, 11) is 0. The molecule has 6 nitrogen and oxygen atoms in total. The number of hydrogen-bond donors (Lipinski definition) is 2. The molecule has 1 amide bonds. The summed E-state index contributed by atoms with van der Waals surface area (Å²) in [6.07, 6.45) is 7.11. The molecule has 0 spiro atoms. The van der Waals surface area contributed by atoms with Gasteiger partial charge in [-0.25, -0.2) is 9.67 Å². The molecule has 7 heteroatoms. The molecule has 0 unspecified atom stereocenters. The largest absolute Gasteiger partial charge is 0.317 e. The van der Waals surface area contributed by atoms with Crippen molar-refractivity contribution in [3.05, 3.63) is 58.4 Å². The fraction of sp³-hybridized carbons (Fsp3) is 0.381. The van der Waals surface area contributed by atoms with Gasteiger partial charge in [0.25, 0.3) is 5.91 Å². The molecule has 1 aliphatic carbocycles. The zero-order valence-electron chi connectivity index (χ0n) is 15.6. The monoisotopic (exact) mass is 393 g/mol. The number of aromatic nitrogens is 3. The molecular weight excluding hydrogens is 370 g/mol. The summed E-state index contributed by atoms with van der Waals surface area (Å²) in [6.45, 7) is 2.10. The molecule has 3 aromatic rings. The van der Waals surface area contributed by atoms with Crippen molar-refractivity contribution in [1.82, 2.24) is 20.1 Å². The number of fused-ring (bicyclic) bond motifs is 1. The van der Waals surface area contributed by atoms with Crippen molar-refractivity contribution in [3.8, 4) is 5.69 Å². The molecule has 2 aliphatic rings. The first-order valence-corrected chi connectivity index (χ1v) is 10.8. The van der Waals surface area contributed by atoms with Gasteiger partial charge in [-0.1, -0.05) is 18.2 Å². The molecular formula is C21H23N5OS. The van der Waals surface area contributed by atoms with Gasteiger partial charge in [-0.05, 0) is 63.2 Å². The Morgan fingerprint density at radius 3 is 2.82 bits per heavy atom. The van der Waals surface area contributed by atoms with Gasteiger partial charge in [0.1, 0.15) is 0 Å². The van der Waals surface area contributed by atoms with Crippen molar-refractivity contribution in [2.24, 2.45) is 0 Å². The first kappa shape index (κ1) is 17.6. The minimum absolute atomic E-state index is 0.154. The summed E-state index contributed by atoms with van der Waals surface area (Å²) in [4.78, 5) is 18.7. The second-order valence-corrected chi connectivity index (χ2v) is 8.48. The van der Waals surface area contributed by atoms with Crippen LogP contribution in [0.1, 0.15) is 51.8 Å². The Hall–Kier alpha value is -2.51. The van der Waals surface area contributed by atoms with E-state index in [0.29, 0.717) is 16.7 Å². The highest BCUT2D eigenvalue weighted by atomic mass is 32.1. The summed E-state index contributed by atoms with van der Waals surface area (Å²) in [5.74, 6) is 0.394. The molecule has 0 radical (unpaired) electrons. The van der Waals surface area contributed by atoms with Gasteiger partial charge in [-0.2, -0.15) is 5.10 Å². The van der Waals surface area contributed by atoms with Crippen molar-refractivity contribution >= 4 is 22.4 Å². The molecule has 1 aromatic carbocycles. The standard InChI is InChI=1S/C21H23N5OS/c27-20(24-21-23-13-18(28-21)14-9-11-22-12-10-14)19-16-7-4-8-17(16)26(25-19)15-5-2-1-3-6-15/h1-3,5-6,13-14,22H,4,7-12H2,(H,23,24,27). The summed E-state index contributed by atoms with van der Waals surface area (Å²) < 4.78 is 1.93. The zero-order chi connectivity index (χ0) is 18.9. The third-order valence-corrected chi connectivity index (χ3v) is 6.71. The number of amides is 1. The van der Waals surface area contributed by atoms with E-state index in [1.165, 1.54) is 4.88 Å². The van der Waals surface area contributed by atoms with Crippen LogP contribution in [0.15, 0.2) is 36.5 Å². The SMILES string of the molecule is O=C(Nc1ncc(C2CCNCC2)s1)c1nn(-c2ccccc2)c2c1CCC2. The van der Waals surface area contributed by atoms with Crippen molar-refractivity contribution in [3.63, 3.8) is 0 Å². The van der Waals surface area contributed by atoms with Gasteiger partial charge >= 0.3 is 0 Å². The second kappa shape index (κ2) is 7.48. The number of nitrogens with one attached hydrogen (secondary N) is 2. The van der Waals surface area contributed by atoms with Crippen LogP contribution < -0.4 is 10.6 Å². The number of para-hydroxylation sites is 1. The normalized spacial score (nSPS) is 16.9. The van der Waals surface area contributed by atoms with E-state index in [1.54, 1.807) is 11.3 Å². The predicted molar refractivity (Wildman–Crippen MR) is 111 cm³/mol. The number of thiazole rings is 1. The van der Waals surface area contributed by atoms with Crippen LogP contribution in [0.3, 0.4) is 0 Å². The van der Waals surface area contributed by atoms with Gasteiger partial charge in [0.05, 0.1) is 5.69 Å². The first-order chi connectivity index (χ1) is 13.8. The fourth-order valence-electron chi connectivity index (χ4n) is 4.20. The minimum Gasteiger partial charge on any atom is -0.317 e. The Labute approximate surface area is 168 Å². The molecule has 2 aromatic heterocycles. The molecule has 1 aliphatic heterocycles. The summed E-state index contributed by atoms with van der Waals surface area (Å²) in [5.41, 5.74) is 3.78. The molecule has 1 saturated heterocycles. The molecule has 1 fully saturated rings. The van der Waals surface area contributed by atoms with E-state index in [2.05, 4.69) is 20.7 Å². The second-order valence-electron chi connectivity index (χ2n) is 7.42. The molecule has 0 atom stereocenters. The Bertz CT molecular complexity index is 988. The van der Waals surface area contributed by atoms with E-state index in [4.69, 9.17) is 0 Å². The van der Waals surface area contributed by atoms with E-state index < -0.39 is 0 Å². The van der Waals surface area contributed by atoms with E-state index in [-0.39, 0.29) is 5.91 Å². The molecule has 0 bridgehead atoms. The number of anilines is 1. The number of piperidine rings is 1. The smallest absolute Gasteiger partial charge is 0.278 e. The summed E-state index contributed by atoms with van der Waals surface area (Å²) in [5, 5.41) is 11.7. The average molecular weight is 394 g/mol. The first-order valence-electron chi connectivity index (χ1n) is 9.93. The van der Waals surface area contributed by atoms with Crippen molar-refractivity contribution < 1.29 is 4.79 Å². The van der Waals surface area contributed by atoms with E-state index in [1.807, 2.05) is 41.2 Å². The van der Waals surface area contributed by atoms with E-state index in [9.17, 15) is 4.79 Å². The van der Waals surface area contributed by atoms with Gasteiger partial charge in [-0.15, -0.1) is 11.3 Å². The summed E-state index contributed by atoms with van der Waals surface area (Å²) >= 11 is 1.59. The molecule has 28 heavy (non-hydrogen) atoms. The van der Waals surface area contributed by atoms with Crippen molar-refractivity contribution in [1.29, 1.82) is 0 Å². The molecule has 5 rings (SSSR count). The quantitative estimate of drug-likeness (QED) is 0.711. The number of carbonyl (C=O) groups excluding carboxylic acids is 1. The highest BCUT2D eigenvalue weighted by Gasteiger charge is 2.27. The number of rotatable bonds is 4. The van der Waals surface area contributed by atoms with Crippen LogP contribution in [-0.4, -0.2) is 33.8 Å². The zero-order valence-corrected chi connectivity index (χ0v) is 16.5. The van der Waals surface area contributed by atoms with Crippen LogP contribution >= 0.6 is 11.3 Å². The maximum Gasteiger partial charge on any atom is 0.278 e. The van der Waals surface area contributed by atoms with Crippen molar-refractivity contribution in [2.75, 3.05) is 18.4 Å². The lowest BCUT2D eigenvalue weighted by Gasteiger charge is -2.20. The number of carbonyl (C=O) groups is 1. The molecule has 2 N–H and O–H groups in total. The Balaban J connectivity index is 1.38. The molecule has 144 valence electrons. The third kappa shape index (κ3) is 3.25. The number of hydrogen-bond acceptors (Lipinski definition) is 5. The van der Waals surface area contributed by atoms with Crippen LogP contribution in [0.25, 0.3) is 5.69 Å². The highest BCUT2D eigenvalue weighted by molar-refractivity contribution is 7.15. The number of nitrogens with zero attached hydrogens (tertiary/aromatic N) is 3. The Morgan fingerprint density at radius 2 is 2.00 bits per heavy atom. The van der Waals surface area contributed by atoms with Crippen LogP contribution in [0.5, 0.6) is 0 Å². The topological polar surface area (TPSA) is 71.8 Å². The van der Waals surface area contributed by atoms with Crippen LogP contribution in [0.2, 0.25) is 0 Å². The molecule has 3 heterocycles. The summed E-state index contributed by atoms with van der Waals surface area (Å²) in [6, 6.07) is 10.0. The van der Waals surface area contributed by atoms with Crippen LogP contribution in [0, 0.1) is 0 Å². The molecule has 0 saturated carbocycles. The van der Waals surface area contributed by atoms with Crippen LogP contribution in [-0.2, 0) is 12.8 Å². The van der Waals surface area contributed by atoms with E-state index >= 15 is 0 Å². The predicted octanol–water partition coefficient (Wildman–Crippen LogP) is 3.54. The van der Waals surface area contributed by atoms with Gasteiger partial charge in [-0.3, -0.25) is 10.1 Å².